The highest BCUT2D eigenvalue weighted by molar-refractivity contribution is 7.93. The lowest BCUT2D eigenvalue weighted by Crippen LogP contribution is -2.42. The second-order valence-corrected chi connectivity index (χ2v) is 11.6. The minimum atomic E-state index is -3.73. The van der Waals surface area contributed by atoms with E-state index in [2.05, 4.69) is 6.92 Å². The number of hydrogen-bond acceptors (Lipinski definition) is 6. The van der Waals surface area contributed by atoms with Crippen LogP contribution in [0.3, 0.4) is 0 Å². The maximum absolute atomic E-state index is 12.5. The summed E-state index contributed by atoms with van der Waals surface area (Å²) in [6, 6.07) is 4.70. The minimum Gasteiger partial charge on any atom is -0.493 e. The average molecular weight is 538 g/mol. The smallest absolute Gasteiger partial charge is 0.303 e. The molecule has 1 aromatic carbocycles. The average Bonchev–Trinajstić information content (AvgIpc) is 2.84. The number of sulfonamides is 1. The molecule has 0 bridgehead atoms. The topological polar surface area (TPSA) is 121 Å². The molecular formula is C28H43NO7S. The van der Waals surface area contributed by atoms with Crippen molar-refractivity contribution in [1.29, 1.82) is 0 Å². The minimum absolute atomic E-state index is 0.0913. The maximum Gasteiger partial charge on any atom is 0.303 e. The molecule has 8 nitrogen and oxygen atoms in total. The number of unbranched alkanes of at least 4 members (excludes halogenated alkanes) is 7. The first kappa shape index (κ1) is 30.8. The van der Waals surface area contributed by atoms with Crippen molar-refractivity contribution in [2.24, 2.45) is 0 Å². The first-order chi connectivity index (χ1) is 17.7. The van der Waals surface area contributed by atoms with Crippen LogP contribution in [0.4, 0.5) is 5.69 Å². The fourth-order valence-corrected chi connectivity index (χ4v) is 5.89. The summed E-state index contributed by atoms with van der Waals surface area (Å²) in [5, 5.41) is 19.2. The van der Waals surface area contributed by atoms with Gasteiger partial charge in [-0.05, 0) is 62.3 Å². The second kappa shape index (κ2) is 16.5. The largest absolute Gasteiger partial charge is 0.493 e. The molecule has 2 N–H and O–H groups in total. The van der Waals surface area contributed by atoms with Gasteiger partial charge in [0.2, 0.25) is 15.9 Å². The van der Waals surface area contributed by atoms with Gasteiger partial charge in [-0.3, -0.25) is 9.59 Å². The van der Waals surface area contributed by atoms with Crippen LogP contribution in [0.25, 0.3) is 0 Å². The van der Waals surface area contributed by atoms with Crippen molar-refractivity contribution in [1.82, 2.24) is 0 Å². The summed E-state index contributed by atoms with van der Waals surface area (Å²) >= 11 is 0. The molecule has 1 aliphatic rings. The number of benzene rings is 1. The van der Waals surface area contributed by atoms with Gasteiger partial charge in [0, 0.05) is 12.8 Å². The molecule has 0 aromatic heterocycles. The van der Waals surface area contributed by atoms with E-state index in [9.17, 15) is 23.1 Å². The standard InChI is InChI=1S/C28H43NO7S/c1-2-3-4-5-6-9-13-25(30)14-10-7-8-11-20-36-26-18-17-24(22-23(26)16-19-28(32)33)29-27(31)15-12-21-37(29,34)35/h10,14,17-18,22,25,30H,2-9,11-13,15-16,19-21H2,1H3,(H,32,33). The third kappa shape index (κ3) is 11.3. The number of nitrogens with zero attached hydrogens (tertiary/aromatic N) is 1. The van der Waals surface area contributed by atoms with Crippen LogP contribution in [0.15, 0.2) is 30.4 Å². The lowest BCUT2D eigenvalue weighted by Gasteiger charge is -2.27. The summed E-state index contributed by atoms with van der Waals surface area (Å²) in [6.07, 6.45) is 14.5. The number of aryl methyl sites for hydroxylation is 1. The van der Waals surface area contributed by atoms with E-state index in [0.717, 1.165) is 36.4 Å². The van der Waals surface area contributed by atoms with Crippen LogP contribution in [-0.4, -0.2) is 49.0 Å². The van der Waals surface area contributed by atoms with E-state index in [1.165, 1.54) is 38.2 Å². The highest BCUT2D eigenvalue weighted by Gasteiger charge is 2.33. The van der Waals surface area contributed by atoms with Gasteiger partial charge in [-0.1, -0.05) is 57.6 Å². The van der Waals surface area contributed by atoms with E-state index < -0.39 is 28.0 Å². The van der Waals surface area contributed by atoms with Gasteiger partial charge >= 0.3 is 5.97 Å². The number of carbonyl (C=O) groups excluding carboxylic acids is 1. The lowest BCUT2D eigenvalue weighted by molar-refractivity contribution is -0.137. The number of carbonyl (C=O) groups is 2. The van der Waals surface area contributed by atoms with Crippen LogP contribution in [0, 0.1) is 0 Å². The summed E-state index contributed by atoms with van der Waals surface area (Å²) in [7, 11) is -3.73. The van der Waals surface area contributed by atoms with Crippen molar-refractivity contribution < 1.29 is 33.0 Å². The first-order valence-electron chi connectivity index (χ1n) is 13.6. The molecule has 1 heterocycles. The fourth-order valence-electron chi connectivity index (χ4n) is 4.36. The SMILES string of the molecule is CCCCCCCCC(O)C=CCCCCOc1ccc(N2C(=O)CCCS2(=O)=O)cc1CCC(=O)O. The molecule has 2 rings (SSSR count). The van der Waals surface area contributed by atoms with E-state index in [4.69, 9.17) is 9.84 Å². The van der Waals surface area contributed by atoms with Gasteiger partial charge in [0.1, 0.15) is 5.75 Å². The Bertz CT molecular complexity index is 990. The van der Waals surface area contributed by atoms with Crippen LogP contribution in [0.2, 0.25) is 0 Å². The molecule has 1 aliphatic heterocycles. The fraction of sp³-hybridized carbons (Fsp3) is 0.643. The summed E-state index contributed by atoms with van der Waals surface area (Å²) in [5.74, 6) is -1.04. The van der Waals surface area contributed by atoms with Crippen molar-refractivity contribution in [3.05, 3.63) is 35.9 Å². The summed E-state index contributed by atoms with van der Waals surface area (Å²) in [5.41, 5.74) is 0.785. The third-order valence-corrected chi connectivity index (χ3v) is 8.19. The number of amides is 1. The van der Waals surface area contributed by atoms with E-state index in [-0.39, 0.29) is 30.7 Å². The van der Waals surface area contributed by atoms with Gasteiger partial charge in [0.15, 0.2) is 0 Å². The number of ether oxygens (including phenoxy) is 1. The van der Waals surface area contributed by atoms with Crippen molar-refractivity contribution in [2.75, 3.05) is 16.7 Å². The molecule has 0 aliphatic carbocycles. The van der Waals surface area contributed by atoms with Crippen molar-refractivity contribution >= 4 is 27.6 Å². The Morgan fingerprint density at radius 3 is 2.62 bits per heavy atom. The number of aliphatic hydroxyl groups excluding tert-OH is 1. The number of aliphatic hydroxyl groups is 1. The van der Waals surface area contributed by atoms with Gasteiger partial charge in [0.05, 0.1) is 24.2 Å². The second-order valence-electron chi connectivity index (χ2n) is 9.66. The molecule has 0 spiro atoms. The van der Waals surface area contributed by atoms with E-state index in [1.54, 1.807) is 12.1 Å². The number of aliphatic carboxylic acids is 1. The Balaban J connectivity index is 1.82. The molecule has 1 saturated heterocycles. The molecule has 1 amide bonds. The molecule has 208 valence electrons. The quantitative estimate of drug-likeness (QED) is 0.190. The van der Waals surface area contributed by atoms with Crippen LogP contribution < -0.4 is 9.04 Å². The molecule has 0 radical (unpaired) electrons. The van der Waals surface area contributed by atoms with Crippen LogP contribution in [0.5, 0.6) is 5.75 Å². The molecule has 37 heavy (non-hydrogen) atoms. The van der Waals surface area contributed by atoms with Gasteiger partial charge < -0.3 is 14.9 Å². The van der Waals surface area contributed by atoms with E-state index >= 15 is 0 Å². The zero-order valence-electron chi connectivity index (χ0n) is 22.1. The van der Waals surface area contributed by atoms with Crippen molar-refractivity contribution in [3.63, 3.8) is 0 Å². The molecule has 0 saturated carbocycles. The first-order valence-corrected chi connectivity index (χ1v) is 15.2. The Kier molecular flexibility index (Phi) is 13.7. The molecular weight excluding hydrogens is 494 g/mol. The number of carboxylic acid groups (broad SMARTS) is 1. The zero-order chi connectivity index (χ0) is 27.1. The monoisotopic (exact) mass is 537 g/mol. The Labute approximate surface area is 221 Å². The van der Waals surface area contributed by atoms with E-state index in [1.807, 2.05) is 12.2 Å². The van der Waals surface area contributed by atoms with Gasteiger partial charge in [0.25, 0.3) is 0 Å². The van der Waals surface area contributed by atoms with Crippen molar-refractivity contribution in [3.8, 4) is 5.75 Å². The Morgan fingerprint density at radius 1 is 1.14 bits per heavy atom. The zero-order valence-corrected chi connectivity index (χ0v) is 22.9. The van der Waals surface area contributed by atoms with Crippen LogP contribution in [0.1, 0.15) is 96.0 Å². The summed E-state index contributed by atoms with van der Waals surface area (Å²) in [6.45, 7) is 2.63. The number of carboxylic acids is 1. The number of allylic oxidation sites excluding steroid dienone is 1. The highest BCUT2D eigenvalue weighted by atomic mass is 32.2. The predicted molar refractivity (Wildman–Crippen MR) is 145 cm³/mol. The molecule has 1 fully saturated rings. The normalized spacial score (nSPS) is 16.3. The van der Waals surface area contributed by atoms with Crippen molar-refractivity contribution in [2.45, 2.75) is 103 Å². The number of hydrogen-bond donors (Lipinski definition) is 2. The summed E-state index contributed by atoms with van der Waals surface area (Å²) < 4.78 is 31.6. The highest BCUT2D eigenvalue weighted by Crippen LogP contribution is 2.30. The molecule has 1 unspecified atom stereocenters. The Hall–Kier alpha value is -2.39. The Morgan fingerprint density at radius 2 is 1.89 bits per heavy atom. The van der Waals surface area contributed by atoms with Gasteiger partial charge in [-0.15, -0.1) is 0 Å². The number of anilines is 1. The molecule has 1 atom stereocenters. The van der Waals surface area contributed by atoms with Crippen LogP contribution in [-0.2, 0) is 26.0 Å². The van der Waals surface area contributed by atoms with E-state index in [0.29, 0.717) is 24.3 Å². The molecule has 9 heteroatoms. The maximum atomic E-state index is 12.5. The lowest BCUT2D eigenvalue weighted by atomic mass is 10.1. The number of rotatable bonds is 18. The third-order valence-electron chi connectivity index (χ3n) is 6.42. The van der Waals surface area contributed by atoms with Gasteiger partial charge in [-0.25, -0.2) is 12.7 Å². The van der Waals surface area contributed by atoms with Crippen LogP contribution >= 0.6 is 0 Å². The van der Waals surface area contributed by atoms with Gasteiger partial charge in [-0.2, -0.15) is 0 Å². The summed E-state index contributed by atoms with van der Waals surface area (Å²) in [4.78, 5) is 23.4. The molecule has 1 aromatic rings. The predicted octanol–water partition coefficient (Wildman–Crippen LogP) is 5.38.